The van der Waals surface area contributed by atoms with Gasteiger partial charge in [-0.15, -0.1) is 0 Å². The van der Waals surface area contributed by atoms with Gasteiger partial charge in [-0.1, -0.05) is 43.3 Å². The summed E-state index contributed by atoms with van der Waals surface area (Å²) in [6.45, 7) is 2.53. The lowest BCUT2D eigenvalue weighted by molar-refractivity contribution is 0.0989. The van der Waals surface area contributed by atoms with E-state index < -0.39 is 10.0 Å². The minimum Gasteiger partial charge on any atom is -0.308 e. The Bertz CT molecular complexity index is 1160. The molecule has 0 radical (unpaired) electrons. The predicted molar refractivity (Wildman–Crippen MR) is 115 cm³/mol. The lowest BCUT2D eigenvalue weighted by Crippen LogP contribution is -2.28. The summed E-state index contributed by atoms with van der Waals surface area (Å²) < 4.78 is 28.5. The first-order valence-electron chi connectivity index (χ1n) is 9.60. The molecule has 1 aliphatic heterocycles. The Morgan fingerprint density at radius 1 is 1.00 bits per heavy atom. The van der Waals surface area contributed by atoms with Crippen LogP contribution in [-0.2, 0) is 22.9 Å². The molecule has 1 aliphatic rings. The number of fused-ring (bicyclic) bond motifs is 1. The number of nitrogens with one attached hydrogen (secondary N) is 1. The first kappa shape index (κ1) is 19.2. The highest BCUT2D eigenvalue weighted by Crippen LogP contribution is 2.32. The number of hydrogen-bond acceptors (Lipinski definition) is 3. The molecule has 4 rings (SSSR count). The second-order valence-electron chi connectivity index (χ2n) is 6.98. The van der Waals surface area contributed by atoms with Gasteiger partial charge in [-0.05, 0) is 60.4 Å². The Kier molecular flexibility index (Phi) is 5.11. The number of amides is 1. The molecule has 3 aromatic carbocycles. The van der Waals surface area contributed by atoms with Crippen LogP contribution in [0, 0.1) is 0 Å². The van der Waals surface area contributed by atoms with Crippen LogP contribution >= 0.6 is 0 Å². The lowest BCUT2D eigenvalue weighted by Gasteiger charge is -2.18. The van der Waals surface area contributed by atoms with Crippen LogP contribution in [-0.4, -0.2) is 20.9 Å². The number of anilines is 2. The summed E-state index contributed by atoms with van der Waals surface area (Å²) in [7, 11) is -3.71. The Hall–Kier alpha value is -3.12. The van der Waals surface area contributed by atoms with Gasteiger partial charge in [0.1, 0.15) is 0 Å². The average molecular weight is 407 g/mol. The van der Waals surface area contributed by atoms with Crippen LogP contribution in [0.2, 0.25) is 0 Å². The van der Waals surface area contributed by atoms with Crippen LogP contribution in [0.15, 0.2) is 77.7 Å². The summed E-state index contributed by atoms with van der Waals surface area (Å²) >= 11 is 0. The Morgan fingerprint density at radius 3 is 2.48 bits per heavy atom. The normalized spacial score (nSPS) is 13.2. The van der Waals surface area contributed by atoms with E-state index in [1.807, 2.05) is 43.3 Å². The molecular weight excluding hydrogens is 384 g/mol. The summed E-state index contributed by atoms with van der Waals surface area (Å²) in [4.78, 5) is 14.7. The standard InChI is InChI=1S/C23H22N2O3S/c1-2-17-8-6-7-11-21(17)24-29(27,28)20-12-13-22-19(16-20)14-15-25(22)23(26)18-9-4-3-5-10-18/h3-13,16,24H,2,14-15H2,1H3. The van der Waals surface area contributed by atoms with Gasteiger partial charge in [0.05, 0.1) is 10.6 Å². The van der Waals surface area contributed by atoms with Gasteiger partial charge in [0.15, 0.2) is 0 Å². The van der Waals surface area contributed by atoms with E-state index in [-0.39, 0.29) is 10.8 Å². The molecule has 148 valence electrons. The van der Waals surface area contributed by atoms with Gasteiger partial charge in [-0.2, -0.15) is 0 Å². The molecule has 0 spiro atoms. The van der Waals surface area contributed by atoms with Crippen molar-refractivity contribution in [1.82, 2.24) is 0 Å². The number of aryl methyl sites for hydroxylation is 1. The number of sulfonamides is 1. The maximum Gasteiger partial charge on any atom is 0.261 e. The molecule has 29 heavy (non-hydrogen) atoms. The molecule has 0 saturated heterocycles. The van der Waals surface area contributed by atoms with Gasteiger partial charge in [0.2, 0.25) is 0 Å². The fraction of sp³-hybridized carbons (Fsp3) is 0.174. The van der Waals surface area contributed by atoms with Crippen molar-refractivity contribution in [2.24, 2.45) is 0 Å². The number of carbonyl (C=O) groups excluding carboxylic acids is 1. The van der Waals surface area contributed by atoms with Crippen molar-refractivity contribution in [1.29, 1.82) is 0 Å². The van der Waals surface area contributed by atoms with E-state index in [4.69, 9.17) is 0 Å². The van der Waals surface area contributed by atoms with Crippen LogP contribution in [0.1, 0.15) is 28.4 Å². The fourth-order valence-corrected chi connectivity index (χ4v) is 4.78. The first-order valence-corrected chi connectivity index (χ1v) is 11.1. The van der Waals surface area contributed by atoms with Crippen LogP contribution in [0.25, 0.3) is 0 Å². The third kappa shape index (κ3) is 3.76. The highest BCUT2D eigenvalue weighted by molar-refractivity contribution is 7.92. The first-order chi connectivity index (χ1) is 14.0. The maximum absolute atomic E-state index is 12.9. The molecule has 0 unspecified atom stereocenters. The summed E-state index contributed by atoms with van der Waals surface area (Å²) in [5, 5.41) is 0. The van der Waals surface area contributed by atoms with Crippen LogP contribution in [0.4, 0.5) is 11.4 Å². The Morgan fingerprint density at radius 2 is 1.72 bits per heavy atom. The smallest absolute Gasteiger partial charge is 0.261 e. The third-order valence-electron chi connectivity index (χ3n) is 5.17. The molecule has 6 heteroatoms. The van der Waals surface area contributed by atoms with Gasteiger partial charge >= 0.3 is 0 Å². The SMILES string of the molecule is CCc1ccccc1NS(=O)(=O)c1ccc2c(c1)CCN2C(=O)c1ccccc1. The van der Waals surface area contributed by atoms with E-state index in [1.54, 1.807) is 41.3 Å². The molecule has 0 bridgehead atoms. The highest BCUT2D eigenvalue weighted by atomic mass is 32.2. The average Bonchev–Trinajstić information content (AvgIpc) is 3.17. The number of nitrogens with zero attached hydrogens (tertiary/aromatic N) is 1. The molecule has 1 N–H and O–H groups in total. The van der Waals surface area contributed by atoms with E-state index in [1.165, 1.54) is 0 Å². The number of rotatable bonds is 5. The number of hydrogen-bond donors (Lipinski definition) is 1. The molecule has 1 amide bonds. The van der Waals surface area contributed by atoms with E-state index in [9.17, 15) is 13.2 Å². The van der Waals surface area contributed by atoms with Gasteiger partial charge in [-0.3, -0.25) is 9.52 Å². The number of benzene rings is 3. The van der Waals surface area contributed by atoms with E-state index in [2.05, 4.69) is 4.72 Å². The van der Waals surface area contributed by atoms with Crippen molar-refractivity contribution in [3.63, 3.8) is 0 Å². The van der Waals surface area contributed by atoms with Gasteiger partial charge in [0, 0.05) is 17.8 Å². The van der Waals surface area contributed by atoms with E-state index in [0.717, 1.165) is 23.2 Å². The van der Waals surface area contributed by atoms with Crippen molar-refractivity contribution in [3.05, 3.63) is 89.5 Å². The van der Waals surface area contributed by atoms with Crippen molar-refractivity contribution < 1.29 is 13.2 Å². The highest BCUT2D eigenvalue weighted by Gasteiger charge is 2.27. The topological polar surface area (TPSA) is 66.5 Å². The zero-order valence-corrected chi connectivity index (χ0v) is 16.9. The van der Waals surface area contributed by atoms with Gasteiger partial charge < -0.3 is 4.90 Å². The molecular formula is C23H22N2O3S. The molecule has 0 atom stereocenters. The van der Waals surface area contributed by atoms with Crippen molar-refractivity contribution in [2.45, 2.75) is 24.7 Å². The van der Waals surface area contributed by atoms with Crippen LogP contribution in [0.5, 0.6) is 0 Å². The quantitative estimate of drug-likeness (QED) is 0.689. The van der Waals surface area contributed by atoms with Crippen molar-refractivity contribution in [2.75, 3.05) is 16.2 Å². The van der Waals surface area contributed by atoms with E-state index >= 15 is 0 Å². The lowest BCUT2D eigenvalue weighted by atomic mass is 10.1. The summed E-state index contributed by atoms with van der Waals surface area (Å²) in [5.41, 5.74) is 3.79. The molecule has 0 aliphatic carbocycles. The second kappa shape index (κ2) is 7.72. The third-order valence-corrected chi connectivity index (χ3v) is 6.53. The van der Waals surface area contributed by atoms with Crippen LogP contribution < -0.4 is 9.62 Å². The fourth-order valence-electron chi connectivity index (χ4n) is 3.62. The van der Waals surface area contributed by atoms with Gasteiger partial charge in [0.25, 0.3) is 15.9 Å². The molecule has 0 fully saturated rings. The molecule has 5 nitrogen and oxygen atoms in total. The summed E-state index contributed by atoms with van der Waals surface area (Å²) in [6.07, 6.45) is 1.36. The van der Waals surface area contributed by atoms with E-state index in [0.29, 0.717) is 24.2 Å². The Labute approximate surface area is 171 Å². The summed E-state index contributed by atoms with van der Waals surface area (Å²) in [5.74, 6) is -0.0741. The molecule has 1 heterocycles. The molecule has 0 saturated carbocycles. The number of para-hydroxylation sites is 1. The van der Waals surface area contributed by atoms with Crippen molar-refractivity contribution in [3.8, 4) is 0 Å². The van der Waals surface area contributed by atoms with Gasteiger partial charge in [-0.25, -0.2) is 8.42 Å². The van der Waals surface area contributed by atoms with Crippen molar-refractivity contribution >= 4 is 27.3 Å². The Balaban J connectivity index is 1.61. The second-order valence-corrected chi connectivity index (χ2v) is 8.66. The zero-order chi connectivity index (χ0) is 20.4. The zero-order valence-electron chi connectivity index (χ0n) is 16.1. The molecule has 3 aromatic rings. The minimum absolute atomic E-state index is 0.0741. The van der Waals surface area contributed by atoms with Crippen LogP contribution in [0.3, 0.4) is 0 Å². The number of carbonyl (C=O) groups is 1. The molecule has 0 aromatic heterocycles. The largest absolute Gasteiger partial charge is 0.308 e. The maximum atomic E-state index is 12.9. The minimum atomic E-state index is -3.71. The monoisotopic (exact) mass is 406 g/mol. The summed E-state index contributed by atoms with van der Waals surface area (Å²) in [6, 6.07) is 21.5. The predicted octanol–water partition coefficient (Wildman–Crippen LogP) is 4.25.